The van der Waals surface area contributed by atoms with Gasteiger partial charge in [0.25, 0.3) is 0 Å². The van der Waals surface area contributed by atoms with Crippen molar-refractivity contribution in [2.45, 2.75) is 52.0 Å². The fourth-order valence-corrected chi connectivity index (χ4v) is 1.98. The molecule has 1 unspecified atom stereocenters. The molecule has 0 fully saturated rings. The third kappa shape index (κ3) is 6.18. The predicted octanol–water partition coefficient (Wildman–Crippen LogP) is 3.07. The summed E-state index contributed by atoms with van der Waals surface area (Å²) >= 11 is 0. The molecule has 0 bridgehead atoms. The van der Waals surface area contributed by atoms with Crippen molar-refractivity contribution in [1.29, 1.82) is 0 Å². The lowest BCUT2D eigenvalue weighted by Gasteiger charge is -2.08. The van der Waals surface area contributed by atoms with E-state index in [9.17, 15) is 0 Å². The van der Waals surface area contributed by atoms with E-state index in [1.54, 1.807) is 0 Å². The van der Waals surface area contributed by atoms with Gasteiger partial charge in [-0.25, -0.2) is 0 Å². The van der Waals surface area contributed by atoms with E-state index >= 15 is 0 Å². The highest BCUT2D eigenvalue weighted by Gasteiger charge is 1.99. The number of nitrogens with one attached hydrogen (secondary N) is 1. The van der Waals surface area contributed by atoms with Crippen LogP contribution in [0.1, 0.15) is 50.7 Å². The van der Waals surface area contributed by atoms with E-state index in [1.165, 1.54) is 17.5 Å². The molecular formula is C16H28N2. The number of benzene rings is 1. The monoisotopic (exact) mass is 248 g/mol. The van der Waals surface area contributed by atoms with Gasteiger partial charge in [0.2, 0.25) is 0 Å². The number of rotatable bonds is 8. The van der Waals surface area contributed by atoms with Crippen LogP contribution < -0.4 is 11.1 Å². The zero-order valence-corrected chi connectivity index (χ0v) is 12.1. The molecule has 2 heteroatoms. The van der Waals surface area contributed by atoms with Crippen LogP contribution in [-0.2, 0) is 6.42 Å². The Hall–Kier alpha value is -0.860. The van der Waals surface area contributed by atoms with Crippen LogP contribution in [0.3, 0.4) is 0 Å². The van der Waals surface area contributed by atoms with Crippen molar-refractivity contribution in [3.05, 3.63) is 35.4 Å². The third-order valence-corrected chi connectivity index (χ3v) is 3.25. The van der Waals surface area contributed by atoms with Crippen molar-refractivity contribution in [2.75, 3.05) is 13.1 Å². The van der Waals surface area contributed by atoms with Gasteiger partial charge >= 0.3 is 0 Å². The van der Waals surface area contributed by atoms with Crippen molar-refractivity contribution in [1.82, 2.24) is 5.32 Å². The van der Waals surface area contributed by atoms with E-state index in [-0.39, 0.29) is 0 Å². The quantitative estimate of drug-likeness (QED) is 0.694. The summed E-state index contributed by atoms with van der Waals surface area (Å²) in [5, 5.41) is 3.47. The minimum absolute atomic E-state index is 0.329. The molecule has 1 aromatic rings. The molecule has 1 rings (SSSR count). The van der Waals surface area contributed by atoms with Crippen LogP contribution in [0.15, 0.2) is 24.3 Å². The molecular weight excluding hydrogens is 220 g/mol. The predicted molar refractivity (Wildman–Crippen MR) is 80.0 cm³/mol. The smallest absolute Gasteiger partial charge is 0.00109 e. The molecule has 1 aromatic carbocycles. The maximum atomic E-state index is 5.71. The van der Waals surface area contributed by atoms with Gasteiger partial charge in [-0.15, -0.1) is 0 Å². The van der Waals surface area contributed by atoms with Crippen molar-refractivity contribution >= 4 is 0 Å². The maximum absolute atomic E-state index is 5.71. The van der Waals surface area contributed by atoms with Crippen LogP contribution in [0.5, 0.6) is 0 Å². The Morgan fingerprint density at radius 2 is 1.72 bits per heavy atom. The van der Waals surface area contributed by atoms with Crippen LogP contribution in [0.25, 0.3) is 0 Å². The van der Waals surface area contributed by atoms with E-state index in [0.717, 1.165) is 25.9 Å². The molecule has 2 nitrogen and oxygen atoms in total. The SMILES string of the molecule is CC(N)CCCNCCc1ccc(C(C)C)cc1. The highest BCUT2D eigenvalue weighted by Crippen LogP contribution is 2.14. The molecule has 0 radical (unpaired) electrons. The molecule has 0 aliphatic rings. The largest absolute Gasteiger partial charge is 0.328 e. The number of nitrogens with two attached hydrogens (primary N) is 1. The molecule has 3 N–H and O–H groups in total. The summed E-state index contributed by atoms with van der Waals surface area (Å²) in [6.07, 6.45) is 3.39. The van der Waals surface area contributed by atoms with Crippen LogP contribution in [0.2, 0.25) is 0 Å². The van der Waals surface area contributed by atoms with Crippen LogP contribution in [0.4, 0.5) is 0 Å². The van der Waals surface area contributed by atoms with E-state index in [0.29, 0.717) is 12.0 Å². The second-order valence-electron chi connectivity index (χ2n) is 5.52. The Balaban J connectivity index is 2.15. The fourth-order valence-electron chi connectivity index (χ4n) is 1.98. The van der Waals surface area contributed by atoms with Gasteiger partial charge < -0.3 is 11.1 Å². The standard InChI is InChI=1S/C16H28N2/c1-13(2)16-8-6-15(7-9-16)10-12-18-11-4-5-14(3)17/h6-9,13-14,18H,4-5,10-12,17H2,1-3H3. The van der Waals surface area contributed by atoms with E-state index in [1.807, 2.05) is 0 Å². The molecule has 0 spiro atoms. The zero-order chi connectivity index (χ0) is 13.4. The average molecular weight is 248 g/mol. The zero-order valence-electron chi connectivity index (χ0n) is 12.1. The summed E-state index contributed by atoms with van der Waals surface area (Å²) in [6.45, 7) is 8.66. The first-order valence-electron chi connectivity index (χ1n) is 7.14. The van der Waals surface area contributed by atoms with E-state index < -0.39 is 0 Å². The van der Waals surface area contributed by atoms with Gasteiger partial charge in [0.1, 0.15) is 0 Å². The lowest BCUT2D eigenvalue weighted by Crippen LogP contribution is -2.21. The summed E-state index contributed by atoms with van der Waals surface area (Å²) in [5.41, 5.74) is 8.54. The molecule has 0 heterocycles. The van der Waals surface area contributed by atoms with Crippen molar-refractivity contribution in [3.63, 3.8) is 0 Å². The first-order chi connectivity index (χ1) is 8.59. The highest BCUT2D eigenvalue weighted by atomic mass is 14.8. The fraction of sp³-hybridized carbons (Fsp3) is 0.625. The third-order valence-electron chi connectivity index (χ3n) is 3.25. The summed E-state index contributed by atoms with van der Waals surface area (Å²) < 4.78 is 0. The Morgan fingerprint density at radius 3 is 2.28 bits per heavy atom. The first-order valence-corrected chi connectivity index (χ1v) is 7.14. The Bertz CT molecular complexity index is 314. The van der Waals surface area contributed by atoms with Gasteiger partial charge in [0, 0.05) is 6.04 Å². The van der Waals surface area contributed by atoms with E-state index in [4.69, 9.17) is 5.73 Å². The molecule has 0 saturated carbocycles. The molecule has 0 saturated heterocycles. The Kier molecular flexibility index (Phi) is 6.99. The molecule has 18 heavy (non-hydrogen) atoms. The second kappa shape index (κ2) is 8.28. The van der Waals surface area contributed by atoms with Crippen LogP contribution >= 0.6 is 0 Å². The average Bonchev–Trinajstić information content (AvgIpc) is 2.34. The number of hydrogen-bond donors (Lipinski definition) is 2. The molecule has 0 aliphatic carbocycles. The molecule has 0 aliphatic heterocycles. The lowest BCUT2D eigenvalue weighted by atomic mass is 10.0. The minimum Gasteiger partial charge on any atom is -0.328 e. The van der Waals surface area contributed by atoms with Gasteiger partial charge in [0.05, 0.1) is 0 Å². The minimum atomic E-state index is 0.329. The Morgan fingerprint density at radius 1 is 1.06 bits per heavy atom. The van der Waals surface area contributed by atoms with Gasteiger partial charge in [0.15, 0.2) is 0 Å². The summed E-state index contributed by atoms with van der Waals surface area (Å²) in [6, 6.07) is 9.32. The summed E-state index contributed by atoms with van der Waals surface area (Å²) in [5.74, 6) is 0.621. The normalized spacial score (nSPS) is 12.9. The van der Waals surface area contributed by atoms with Gasteiger partial charge in [-0.1, -0.05) is 38.1 Å². The van der Waals surface area contributed by atoms with Crippen molar-refractivity contribution in [2.24, 2.45) is 5.73 Å². The molecule has 1 atom stereocenters. The van der Waals surface area contributed by atoms with Crippen LogP contribution in [-0.4, -0.2) is 19.1 Å². The lowest BCUT2D eigenvalue weighted by molar-refractivity contribution is 0.575. The Labute approximate surface area is 112 Å². The first kappa shape index (κ1) is 15.2. The molecule has 0 aromatic heterocycles. The van der Waals surface area contributed by atoms with Crippen molar-refractivity contribution in [3.8, 4) is 0 Å². The molecule has 0 amide bonds. The van der Waals surface area contributed by atoms with Crippen LogP contribution in [0, 0.1) is 0 Å². The molecule has 102 valence electrons. The van der Waals surface area contributed by atoms with Gasteiger partial charge in [-0.2, -0.15) is 0 Å². The number of hydrogen-bond acceptors (Lipinski definition) is 2. The van der Waals surface area contributed by atoms with Gasteiger partial charge in [-0.05, 0) is 56.3 Å². The maximum Gasteiger partial charge on any atom is 0.00109 e. The summed E-state index contributed by atoms with van der Waals surface area (Å²) in [7, 11) is 0. The van der Waals surface area contributed by atoms with Crippen molar-refractivity contribution < 1.29 is 0 Å². The second-order valence-corrected chi connectivity index (χ2v) is 5.52. The van der Waals surface area contributed by atoms with E-state index in [2.05, 4.69) is 50.4 Å². The summed E-state index contributed by atoms with van der Waals surface area (Å²) in [4.78, 5) is 0. The topological polar surface area (TPSA) is 38.0 Å². The van der Waals surface area contributed by atoms with Gasteiger partial charge in [-0.3, -0.25) is 0 Å². The highest BCUT2D eigenvalue weighted by molar-refractivity contribution is 5.24.